The van der Waals surface area contributed by atoms with E-state index < -0.39 is 28.0 Å². The van der Waals surface area contributed by atoms with Gasteiger partial charge in [0.1, 0.15) is 5.75 Å². The molecule has 0 saturated heterocycles. The van der Waals surface area contributed by atoms with Crippen molar-refractivity contribution < 1.29 is 37.0 Å². The summed E-state index contributed by atoms with van der Waals surface area (Å²) in [5.74, 6) is -0.0415. The molecule has 11 heteroatoms. The summed E-state index contributed by atoms with van der Waals surface area (Å²) in [5, 5.41) is 0. The predicted octanol–water partition coefficient (Wildman–Crippen LogP) is 2.99. The number of fused-ring (bicyclic) bond motifs is 1. The highest BCUT2D eigenvalue weighted by molar-refractivity contribution is 7.89. The van der Waals surface area contributed by atoms with Gasteiger partial charge in [0.25, 0.3) is 0 Å². The van der Waals surface area contributed by atoms with Gasteiger partial charge in [0.15, 0.2) is 11.5 Å². The summed E-state index contributed by atoms with van der Waals surface area (Å²) in [5.41, 5.74) is 0.472. The number of hydrogen-bond acceptors (Lipinski definition) is 8. The zero-order chi connectivity index (χ0) is 26.6. The molecule has 2 aromatic rings. The van der Waals surface area contributed by atoms with Crippen molar-refractivity contribution in [3.8, 4) is 17.2 Å². The van der Waals surface area contributed by atoms with Gasteiger partial charge in [-0.05, 0) is 37.1 Å². The van der Waals surface area contributed by atoms with Crippen LogP contribution in [-0.2, 0) is 24.3 Å². The minimum Gasteiger partial charge on any atom is -0.493 e. The first-order valence-corrected chi connectivity index (χ1v) is 13.6. The molecule has 1 fully saturated rings. The number of methoxy groups -OCH3 is 3. The van der Waals surface area contributed by atoms with Crippen LogP contribution < -0.4 is 19.1 Å². The highest BCUT2D eigenvalue weighted by atomic mass is 32.2. The van der Waals surface area contributed by atoms with Crippen LogP contribution in [0.25, 0.3) is 0 Å². The Kier molecular flexibility index (Phi) is 8.23. The molecular formula is C26H32N2O8S. The Hall–Kier alpha value is -3.31. The smallest absolute Gasteiger partial charge is 0.348 e. The lowest BCUT2D eigenvalue weighted by Gasteiger charge is -2.37. The van der Waals surface area contributed by atoms with Gasteiger partial charge in [0, 0.05) is 12.1 Å². The maximum Gasteiger partial charge on any atom is 0.348 e. The summed E-state index contributed by atoms with van der Waals surface area (Å²) >= 11 is 0. The molecule has 10 nitrogen and oxygen atoms in total. The maximum atomic E-state index is 13.9. The summed E-state index contributed by atoms with van der Waals surface area (Å²) in [4.78, 5) is 27.4. The zero-order valence-electron chi connectivity index (χ0n) is 21.2. The molecule has 0 bridgehead atoms. The molecule has 1 aliphatic carbocycles. The van der Waals surface area contributed by atoms with E-state index in [1.165, 1.54) is 48.7 Å². The minimum atomic E-state index is -4.08. The van der Waals surface area contributed by atoms with Gasteiger partial charge in [-0.15, -0.1) is 0 Å². The number of amides is 1. The zero-order valence-corrected chi connectivity index (χ0v) is 22.0. The van der Waals surface area contributed by atoms with Crippen LogP contribution in [0.3, 0.4) is 0 Å². The molecule has 2 aliphatic rings. The lowest BCUT2D eigenvalue weighted by atomic mass is 9.95. The van der Waals surface area contributed by atoms with Gasteiger partial charge in [0.2, 0.25) is 22.0 Å². The second kappa shape index (κ2) is 11.4. The third-order valence-electron chi connectivity index (χ3n) is 6.77. The van der Waals surface area contributed by atoms with Gasteiger partial charge >= 0.3 is 5.97 Å². The van der Waals surface area contributed by atoms with E-state index in [1.54, 1.807) is 24.3 Å². The standard InChI is InChI=1S/C26H32N2O8S/c1-33-22-14-13-19(15-23(22)34-2)37(31,32)28(18-9-5-4-6-10-18)17-25(29)27-16-24(26(30)35-3)36-21-12-8-7-11-20(21)27/h7-8,11-15,18,24H,4-6,9-10,16-17H2,1-3H3. The van der Waals surface area contributed by atoms with Crippen LogP contribution in [0.15, 0.2) is 47.4 Å². The molecule has 1 aliphatic heterocycles. The Bertz CT molecular complexity index is 1240. The molecular weight excluding hydrogens is 500 g/mol. The fourth-order valence-corrected chi connectivity index (χ4v) is 6.49. The van der Waals surface area contributed by atoms with Gasteiger partial charge in [0.05, 0.1) is 45.0 Å². The summed E-state index contributed by atoms with van der Waals surface area (Å²) in [6.45, 7) is -0.471. The van der Waals surface area contributed by atoms with Crippen molar-refractivity contribution >= 4 is 27.6 Å². The van der Waals surface area contributed by atoms with Gasteiger partial charge in [-0.25, -0.2) is 13.2 Å². The van der Waals surface area contributed by atoms with Crippen molar-refractivity contribution in [2.45, 2.75) is 49.1 Å². The SMILES string of the molecule is COC(=O)C1CN(C(=O)CN(C2CCCCC2)S(=O)(=O)c2ccc(OC)c(OC)c2)c2ccccc2O1. The fourth-order valence-electron chi connectivity index (χ4n) is 4.84. The largest absolute Gasteiger partial charge is 0.493 e. The highest BCUT2D eigenvalue weighted by Gasteiger charge is 2.39. The van der Waals surface area contributed by atoms with Crippen molar-refractivity contribution in [2.24, 2.45) is 0 Å². The highest BCUT2D eigenvalue weighted by Crippen LogP contribution is 2.36. The number of para-hydroxylation sites is 2. The fraction of sp³-hybridized carbons (Fsp3) is 0.462. The first-order valence-electron chi connectivity index (χ1n) is 12.2. The van der Waals surface area contributed by atoms with Crippen LogP contribution in [0.1, 0.15) is 32.1 Å². The Morgan fingerprint density at radius 3 is 2.38 bits per heavy atom. The quantitative estimate of drug-likeness (QED) is 0.477. The van der Waals surface area contributed by atoms with Crippen LogP contribution in [-0.4, -0.2) is 71.2 Å². The lowest BCUT2D eigenvalue weighted by Crippen LogP contribution is -2.52. The normalized spacial score (nSPS) is 18.1. The van der Waals surface area contributed by atoms with Gasteiger partial charge in [-0.2, -0.15) is 4.31 Å². The van der Waals surface area contributed by atoms with Crippen molar-refractivity contribution in [1.29, 1.82) is 0 Å². The number of hydrogen-bond donors (Lipinski definition) is 0. The summed E-state index contributed by atoms with van der Waals surface area (Å²) in [6.07, 6.45) is 3.07. The summed E-state index contributed by atoms with van der Waals surface area (Å²) in [6, 6.07) is 10.9. The van der Waals surface area contributed by atoms with E-state index in [9.17, 15) is 18.0 Å². The Morgan fingerprint density at radius 1 is 1.00 bits per heavy atom. The van der Waals surface area contributed by atoms with Crippen LogP contribution in [0.2, 0.25) is 0 Å². The molecule has 1 unspecified atom stereocenters. The Balaban J connectivity index is 1.69. The molecule has 200 valence electrons. The average Bonchev–Trinajstić information content (AvgIpc) is 2.94. The molecule has 37 heavy (non-hydrogen) atoms. The van der Waals surface area contributed by atoms with Crippen LogP contribution in [0, 0.1) is 0 Å². The number of benzene rings is 2. The van der Waals surface area contributed by atoms with Gasteiger partial charge in [-0.1, -0.05) is 31.4 Å². The molecule has 0 radical (unpaired) electrons. The van der Waals surface area contributed by atoms with Crippen LogP contribution >= 0.6 is 0 Å². The topological polar surface area (TPSA) is 112 Å². The number of esters is 1. The second-order valence-electron chi connectivity index (χ2n) is 8.96. The lowest BCUT2D eigenvalue weighted by molar-refractivity contribution is -0.148. The second-order valence-corrected chi connectivity index (χ2v) is 10.9. The van der Waals surface area contributed by atoms with E-state index >= 15 is 0 Å². The van der Waals surface area contributed by atoms with Gasteiger partial charge in [-0.3, -0.25) is 4.79 Å². The number of carbonyl (C=O) groups is 2. The number of anilines is 1. The molecule has 1 amide bonds. The van der Waals surface area contributed by atoms with Crippen molar-refractivity contribution in [2.75, 3.05) is 39.3 Å². The first-order chi connectivity index (χ1) is 17.8. The number of rotatable bonds is 8. The summed E-state index contributed by atoms with van der Waals surface area (Å²) in [7, 11) is 0.0802. The van der Waals surface area contributed by atoms with Crippen LogP contribution in [0.5, 0.6) is 17.2 Å². The van der Waals surface area contributed by atoms with Crippen LogP contribution in [0.4, 0.5) is 5.69 Å². The Morgan fingerprint density at radius 2 is 1.70 bits per heavy atom. The van der Waals surface area contributed by atoms with E-state index in [1.807, 2.05) is 0 Å². The molecule has 4 rings (SSSR count). The number of sulfonamides is 1. The van der Waals surface area contributed by atoms with Gasteiger partial charge < -0.3 is 23.8 Å². The maximum absolute atomic E-state index is 13.9. The minimum absolute atomic E-state index is 0.0124. The molecule has 2 aromatic carbocycles. The molecule has 1 atom stereocenters. The Labute approximate surface area is 217 Å². The molecule has 1 saturated carbocycles. The molecule has 0 spiro atoms. The van der Waals surface area contributed by atoms with E-state index in [-0.39, 0.29) is 29.8 Å². The predicted molar refractivity (Wildman–Crippen MR) is 136 cm³/mol. The number of carbonyl (C=O) groups excluding carboxylic acids is 2. The van der Waals surface area contributed by atoms with Crippen molar-refractivity contribution in [3.05, 3.63) is 42.5 Å². The van der Waals surface area contributed by atoms with Crippen molar-refractivity contribution in [1.82, 2.24) is 4.31 Å². The molecule has 1 heterocycles. The monoisotopic (exact) mass is 532 g/mol. The van der Waals surface area contributed by atoms with E-state index in [2.05, 4.69) is 0 Å². The molecule has 0 aromatic heterocycles. The average molecular weight is 533 g/mol. The first kappa shape index (κ1) is 26.7. The van der Waals surface area contributed by atoms with E-state index in [0.29, 0.717) is 30.0 Å². The summed E-state index contributed by atoms with van der Waals surface area (Å²) < 4.78 is 50.3. The molecule has 0 N–H and O–H groups in total. The third kappa shape index (κ3) is 5.52. The third-order valence-corrected chi connectivity index (χ3v) is 8.67. The van der Waals surface area contributed by atoms with E-state index in [4.69, 9.17) is 18.9 Å². The van der Waals surface area contributed by atoms with Crippen molar-refractivity contribution in [3.63, 3.8) is 0 Å². The number of ether oxygens (including phenoxy) is 4. The number of nitrogens with zero attached hydrogens (tertiary/aromatic N) is 2. The van der Waals surface area contributed by atoms with E-state index in [0.717, 1.165) is 19.3 Å².